The summed E-state index contributed by atoms with van der Waals surface area (Å²) >= 11 is 6.13. The number of methoxy groups -OCH3 is 2. The van der Waals surface area contributed by atoms with Gasteiger partial charge in [0.25, 0.3) is 0 Å². The number of unbranched alkanes of at least 4 members (excludes halogenated alkanes) is 1. The van der Waals surface area contributed by atoms with Crippen LogP contribution in [0.1, 0.15) is 31.7 Å². The van der Waals surface area contributed by atoms with Crippen LogP contribution in [0.4, 0.5) is 11.8 Å². The molecular formula is C22H28ClN5O3. The third kappa shape index (κ3) is 5.86. The average Bonchev–Trinajstić information content (AvgIpc) is 2.79. The molecule has 0 unspecified atom stereocenters. The summed E-state index contributed by atoms with van der Waals surface area (Å²) in [7, 11) is 3.23. The molecule has 9 heteroatoms. The first-order valence-electron chi connectivity index (χ1n) is 10.2. The third-order valence-electron chi connectivity index (χ3n) is 4.90. The fourth-order valence-electron chi connectivity index (χ4n) is 3.20. The number of aromatic nitrogens is 3. The number of anilines is 2. The number of fused-ring (bicyclic) bond motifs is 1. The minimum absolute atomic E-state index is 0.00486. The second-order valence-electron chi connectivity index (χ2n) is 7.11. The van der Waals surface area contributed by atoms with Gasteiger partial charge in [0, 0.05) is 24.4 Å². The summed E-state index contributed by atoms with van der Waals surface area (Å²) in [4.78, 5) is 13.6. The maximum Gasteiger partial charge on any atom is 0.225 e. The number of hydrogen-bond acceptors (Lipinski definition) is 8. The lowest BCUT2D eigenvalue weighted by Gasteiger charge is -2.18. The van der Waals surface area contributed by atoms with E-state index in [0.29, 0.717) is 40.1 Å². The molecule has 0 aliphatic rings. The summed E-state index contributed by atoms with van der Waals surface area (Å²) in [6.07, 6.45) is 4.45. The Bertz CT molecular complexity index is 1020. The van der Waals surface area contributed by atoms with E-state index in [0.717, 1.165) is 30.6 Å². The topological polar surface area (TPSA) is 101 Å². The number of pyridine rings is 1. The monoisotopic (exact) mass is 445 g/mol. The highest BCUT2D eigenvalue weighted by Crippen LogP contribution is 2.27. The van der Waals surface area contributed by atoms with Crippen molar-refractivity contribution in [3.8, 4) is 11.5 Å². The molecule has 2 aromatic heterocycles. The van der Waals surface area contributed by atoms with Crippen LogP contribution in [0.3, 0.4) is 0 Å². The first kappa shape index (κ1) is 22.8. The van der Waals surface area contributed by atoms with Gasteiger partial charge >= 0.3 is 0 Å². The van der Waals surface area contributed by atoms with Crippen LogP contribution >= 0.6 is 11.6 Å². The molecule has 0 saturated carbocycles. The number of aliphatic hydroxyl groups is 1. The Kier molecular flexibility index (Phi) is 8.08. The lowest BCUT2D eigenvalue weighted by atomic mass is 10.1. The Balaban J connectivity index is 1.88. The van der Waals surface area contributed by atoms with Crippen molar-refractivity contribution in [3.63, 3.8) is 0 Å². The van der Waals surface area contributed by atoms with Crippen LogP contribution in [0.25, 0.3) is 11.0 Å². The summed E-state index contributed by atoms with van der Waals surface area (Å²) in [6, 6.07) is 7.25. The molecule has 0 saturated heterocycles. The van der Waals surface area contributed by atoms with Gasteiger partial charge in [-0.05, 0) is 24.6 Å². The molecule has 166 valence electrons. The molecule has 1 aromatic carbocycles. The lowest BCUT2D eigenvalue weighted by molar-refractivity contribution is 0.267. The molecule has 1 atom stereocenters. The summed E-state index contributed by atoms with van der Waals surface area (Å²) in [5.74, 6) is 2.40. The highest BCUT2D eigenvalue weighted by atomic mass is 35.5. The van der Waals surface area contributed by atoms with E-state index in [2.05, 4.69) is 32.5 Å². The number of nitrogens with one attached hydrogen (secondary N) is 2. The summed E-state index contributed by atoms with van der Waals surface area (Å²) in [5.41, 5.74) is 2.15. The van der Waals surface area contributed by atoms with E-state index in [-0.39, 0.29) is 12.6 Å². The summed E-state index contributed by atoms with van der Waals surface area (Å²) in [5, 5.41) is 16.8. The standard InChI is InChI=1S/C22H28ClN5O3/c1-4-5-6-16(13-29)26-21-20-18(9-15(23)12-24-20)27-22(28-21)25-11-14-7-8-17(30-2)10-19(14)31-3/h7-10,12,16,29H,4-6,11,13H2,1-3H3,(H2,25,26,27,28)/t16-/m1/s1. The molecule has 0 aliphatic heterocycles. The molecule has 0 spiro atoms. The molecule has 3 N–H and O–H groups in total. The molecule has 31 heavy (non-hydrogen) atoms. The van der Waals surface area contributed by atoms with Crippen LogP contribution in [0.15, 0.2) is 30.5 Å². The number of benzene rings is 1. The van der Waals surface area contributed by atoms with Gasteiger partial charge in [-0.25, -0.2) is 9.97 Å². The Labute approximate surface area is 187 Å². The van der Waals surface area contributed by atoms with Gasteiger partial charge in [-0.1, -0.05) is 31.4 Å². The third-order valence-corrected chi connectivity index (χ3v) is 5.11. The molecule has 8 nitrogen and oxygen atoms in total. The van der Waals surface area contributed by atoms with E-state index in [1.807, 2.05) is 18.2 Å². The molecule has 0 radical (unpaired) electrons. The van der Waals surface area contributed by atoms with Gasteiger partial charge in [0.2, 0.25) is 5.95 Å². The minimum Gasteiger partial charge on any atom is -0.497 e. The fourth-order valence-corrected chi connectivity index (χ4v) is 3.35. The van der Waals surface area contributed by atoms with Crippen LogP contribution in [0.5, 0.6) is 11.5 Å². The number of hydrogen-bond donors (Lipinski definition) is 3. The normalized spacial score (nSPS) is 11.9. The molecule has 3 aromatic rings. The van der Waals surface area contributed by atoms with Crippen molar-refractivity contribution >= 4 is 34.4 Å². The van der Waals surface area contributed by atoms with Gasteiger partial charge in [0.15, 0.2) is 5.82 Å². The van der Waals surface area contributed by atoms with E-state index >= 15 is 0 Å². The Morgan fingerprint density at radius 3 is 2.71 bits per heavy atom. The van der Waals surface area contributed by atoms with Crippen molar-refractivity contribution in [3.05, 3.63) is 41.0 Å². The maximum atomic E-state index is 9.76. The molecule has 0 bridgehead atoms. The highest BCUT2D eigenvalue weighted by Gasteiger charge is 2.15. The number of rotatable bonds is 11. The zero-order valence-electron chi connectivity index (χ0n) is 18.0. The van der Waals surface area contributed by atoms with Crippen molar-refractivity contribution in [1.82, 2.24) is 15.0 Å². The van der Waals surface area contributed by atoms with E-state index in [9.17, 15) is 5.11 Å². The van der Waals surface area contributed by atoms with Crippen molar-refractivity contribution in [2.75, 3.05) is 31.5 Å². The van der Waals surface area contributed by atoms with Crippen LogP contribution in [-0.2, 0) is 6.54 Å². The first-order valence-corrected chi connectivity index (χ1v) is 10.6. The van der Waals surface area contributed by atoms with Crippen LogP contribution in [0.2, 0.25) is 5.02 Å². The molecule has 0 aliphatic carbocycles. The molecule has 3 rings (SSSR count). The zero-order valence-corrected chi connectivity index (χ0v) is 18.7. The maximum absolute atomic E-state index is 9.76. The van der Waals surface area contributed by atoms with Crippen molar-refractivity contribution < 1.29 is 14.6 Å². The minimum atomic E-state index is -0.120. The van der Waals surface area contributed by atoms with Crippen LogP contribution in [0, 0.1) is 0 Å². The van der Waals surface area contributed by atoms with E-state index in [4.69, 9.17) is 21.1 Å². The van der Waals surface area contributed by atoms with Crippen molar-refractivity contribution in [2.45, 2.75) is 38.8 Å². The van der Waals surface area contributed by atoms with Gasteiger partial charge < -0.3 is 25.2 Å². The average molecular weight is 446 g/mol. The molecule has 2 heterocycles. The highest BCUT2D eigenvalue weighted by molar-refractivity contribution is 6.31. The Hall–Kier alpha value is -2.84. The zero-order chi connectivity index (χ0) is 22.2. The van der Waals surface area contributed by atoms with Gasteiger partial charge in [0.05, 0.1) is 37.4 Å². The molecular weight excluding hydrogens is 418 g/mol. The van der Waals surface area contributed by atoms with Gasteiger partial charge in [0.1, 0.15) is 17.0 Å². The lowest BCUT2D eigenvalue weighted by Crippen LogP contribution is -2.25. The first-order chi connectivity index (χ1) is 15.1. The van der Waals surface area contributed by atoms with E-state index < -0.39 is 0 Å². The largest absolute Gasteiger partial charge is 0.497 e. The van der Waals surface area contributed by atoms with Crippen molar-refractivity contribution in [1.29, 1.82) is 0 Å². The Morgan fingerprint density at radius 2 is 2.00 bits per heavy atom. The van der Waals surface area contributed by atoms with E-state index in [1.165, 1.54) is 0 Å². The van der Waals surface area contributed by atoms with Crippen LogP contribution in [-0.4, -0.2) is 46.9 Å². The van der Waals surface area contributed by atoms with Crippen molar-refractivity contribution in [2.24, 2.45) is 0 Å². The fraction of sp³-hybridized carbons (Fsp3) is 0.409. The van der Waals surface area contributed by atoms with Gasteiger partial charge in [-0.15, -0.1) is 0 Å². The predicted octanol–water partition coefficient (Wildman–Crippen LogP) is 4.27. The second kappa shape index (κ2) is 11.0. The molecule has 0 fully saturated rings. The number of aliphatic hydroxyl groups excluding tert-OH is 1. The van der Waals surface area contributed by atoms with Gasteiger partial charge in [-0.3, -0.25) is 0 Å². The number of halogens is 1. The van der Waals surface area contributed by atoms with Gasteiger partial charge in [-0.2, -0.15) is 4.98 Å². The number of ether oxygens (including phenoxy) is 2. The molecule has 0 amide bonds. The number of nitrogens with zero attached hydrogens (tertiary/aromatic N) is 3. The summed E-state index contributed by atoms with van der Waals surface area (Å²) < 4.78 is 10.7. The Morgan fingerprint density at radius 1 is 1.16 bits per heavy atom. The summed E-state index contributed by atoms with van der Waals surface area (Å²) in [6.45, 7) is 2.57. The SMILES string of the molecule is CCCC[C@H](CO)Nc1nc(NCc2ccc(OC)cc2OC)nc2cc(Cl)cnc12. The van der Waals surface area contributed by atoms with E-state index in [1.54, 1.807) is 26.5 Å². The van der Waals surface area contributed by atoms with Crippen LogP contribution < -0.4 is 20.1 Å². The smallest absolute Gasteiger partial charge is 0.225 e. The second-order valence-corrected chi connectivity index (χ2v) is 7.55. The quantitative estimate of drug-likeness (QED) is 0.402. The predicted molar refractivity (Wildman–Crippen MR) is 123 cm³/mol.